The zero-order chi connectivity index (χ0) is 15.6. The van der Waals surface area contributed by atoms with Crippen LogP contribution >= 0.6 is 0 Å². The van der Waals surface area contributed by atoms with Gasteiger partial charge in [-0.1, -0.05) is 6.07 Å². The zero-order valence-electron chi connectivity index (χ0n) is 11.7. The van der Waals surface area contributed by atoms with Crippen molar-refractivity contribution in [2.75, 3.05) is 19.6 Å². The van der Waals surface area contributed by atoms with Crippen LogP contribution in [0, 0.1) is 0 Å². The molecule has 1 aliphatic heterocycles. The summed E-state index contributed by atoms with van der Waals surface area (Å²) in [7, 11) is 0. The number of nitrogens with zero attached hydrogens (tertiary/aromatic N) is 1. The highest BCUT2D eigenvalue weighted by Gasteiger charge is 2.34. The van der Waals surface area contributed by atoms with Crippen LogP contribution in [0.1, 0.15) is 28.4 Å². The molecule has 21 heavy (non-hydrogen) atoms. The van der Waals surface area contributed by atoms with Gasteiger partial charge < -0.3 is 11.1 Å². The number of carbonyl (C=O) groups is 1. The molecule has 7 heteroatoms. The SMILES string of the molecule is CC1CN(Cc2ccc(C(N)=O)cc2C(F)(F)F)CCN1. The van der Waals surface area contributed by atoms with Gasteiger partial charge in [-0.25, -0.2) is 0 Å². The van der Waals surface area contributed by atoms with E-state index in [2.05, 4.69) is 5.32 Å². The number of piperazine rings is 1. The quantitative estimate of drug-likeness (QED) is 0.891. The van der Waals surface area contributed by atoms with Gasteiger partial charge in [-0.2, -0.15) is 13.2 Å². The Hall–Kier alpha value is -1.60. The Kier molecular flexibility index (Phi) is 4.53. The molecule has 1 aromatic rings. The summed E-state index contributed by atoms with van der Waals surface area (Å²) < 4.78 is 39.4. The molecular weight excluding hydrogens is 283 g/mol. The summed E-state index contributed by atoms with van der Waals surface area (Å²) >= 11 is 0. The number of primary amides is 1. The van der Waals surface area contributed by atoms with E-state index >= 15 is 0 Å². The smallest absolute Gasteiger partial charge is 0.366 e. The van der Waals surface area contributed by atoms with Crippen LogP contribution in [-0.4, -0.2) is 36.5 Å². The van der Waals surface area contributed by atoms with E-state index in [1.54, 1.807) is 0 Å². The molecule has 1 saturated heterocycles. The monoisotopic (exact) mass is 301 g/mol. The normalized spacial score (nSPS) is 20.5. The van der Waals surface area contributed by atoms with Gasteiger partial charge in [0.25, 0.3) is 0 Å². The van der Waals surface area contributed by atoms with Crippen molar-refractivity contribution in [3.05, 3.63) is 34.9 Å². The van der Waals surface area contributed by atoms with Crippen molar-refractivity contribution in [2.24, 2.45) is 5.73 Å². The largest absolute Gasteiger partial charge is 0.416 e. The average molecular weight is 301 g/mol. The van der Waals surface area contributed by atoms with E-state index in [0.717, 1.165) is 12.6 Å². The van der Waals surface area contributed by atoms with E-state index in [4.69, 9.17) is 5.73 Å². The third-order valence-electron chi connectivity index (χ3n) is 3.55. The molecule has 1 amide bonds. The molecule has 1 aliphatic rings. The van der Waals surface area contributed by atoms with Crippen molar-refractivity contribution in [1.29, 1.82) is 0 Å². The minimum atomic E-state index is -4.50. The average Bonchev–Trinajstić information content (AvgIpc) is 2.37. The molecule has 0 saturated carbocycles. The fourth-order valence-electron chi connectivity index (χ4n) is 2.53. The van der Waals surface area contributed by atoms with E-state index in [0.29, 0.717) is 13.1 Å². The second-order valence-electron chi connectivity index (χ2n) is 5.32. The number of alkyl halides is 3. The Bertz CT molecular complexity index is 531. The number of carbonyl (C=O) groups excluding carboxylic acids is 1. The van der Waals surface area contributed by atoms with Gasteiger partial charge in [0, 0.05) is 37.8 Å². The van der Waals surface area contributed by atoms with Gasteiger partial charge in [0.1, 0.15) is 0 Å². The molecule has 1 atom stereocenters. The predicted molar refractivity (Wildman–Crippen MR) is 72.7 cm³/mol. The predicted octanol–water partition coefficient (Wildman–Crippen LogP) is 1.60. The summed E-state index contributed by atoms with van der Waals surface area (Å²) in [4.78, 5) is 13.0. The maximum atomic E-state index is 13.1. The molecule has 3 N–H and O–H groups in total. The highest BCUT2D eigenvalue weighted by molar-refractivity contribution is 5.93. The van der Waals surface area contributed by atoms with Gasteiger partial charge in [0.2, 0.25) is 5.91 Å². The van der Waals surface area contributed by atoms with Crippen LogP contribution in [0.3, 0.4) is 0 Å². The van der Waals surface area contributed by atoms with Crippen LogP contribution in [0.25, 0.3) is 0 Å². The molecule has 0 aliphatic carbocycles. The maximum Gasteiger partial charge on any atom is 0.416 e. The minimum Gasteiger partial charge on any atom is -0.366 e. The number of benzene rings is 1. The number of nitrogens with two attached hydrogens (primary N) is 1. The fraction of sp³-hybridized carbons (Fsp3) is 0.500. The van der Waals surface area contributed by atoms with E-state index in [1.165, 1.54) is 12.1 Å². The molecule has 1 heterocycles. The lowest BCUT2D eigenvalue weighted by Gasteiger charge is -2.32. The molecule has 1 unspecified atom stereocenters. The van der Waals surface area contributed by atoms with Gasteiger partial charge in [0.05, 0.1) is 5.56 Å². The Labute approximate surface area is 121 Å². The van der Waals surface area contributed by atoms with Crippen LogP contribution in [0.15, 0.2) is 18.2 Å². The van der Waals surface area contributed by atoms with Crippen LogP contribution in [0.2, 0.25) is 0 Å². The molecule has 116 valence electrons. The highest BCUT2D eigenvalue weighted by atomic mass is 19.4. The van der Waals surface area contributed by atoms with Crippen molar-refractivity contribution < 1.29 is 18.0 Å². The summed E-state index contributed by atoms with van der Waals surface area (Å²) in [5.41, 5.74) is 4.31. The van der Waals surface area contributed by atoms with Crippen LogP contribution in [-0.2, 0) is 12.7 Å². The maximum absolute atomic E-state index is 13.1. The third kappa shape index (κ3) is 3.95. The van der Waals surface area contributed by atoms with Gasteiger partial charge >= 0.3 is 6.18 Å². The summed E-state index contributed by atoms with van der Waals surface area (Å²) in [5.74, 6) is -0.858. The Morgan fingerprint density at radius 2 is 2.19 bits per heavy atom. The molecule has 0 spiro atoms. The molecule has 0 radical (unpaired) electrons. The van der Waals surface area contributed by atoms with E-state index in [-0.39, 0.29) is 23.7 Å². The molecule has 2 rings (SSSR count). The van der Waals surface area contributed by atoms with Gasteiger partial charge in [-0.05, 0) is 24.6 Å². The van der Waals surface area contributed by atoms with Crippen molar-refractivity contribution >= 4 is 5.91 Å². The summed E-state index contributed by atoms with van der Waals surface area (Å²) in [6, 6.07) is 3.77. The second kappa shape index (κ2) is 6.03. The van der Waals surface area contributed by atoms with Gasteiger partial charge in [0.15, 0.2) is 0 Å². The Balaban J connectivity index is 2.27. The van der Waals surface area contributed by atoms with E-state index < -0.39 is 17.6 Å². The lowest BCUT2D eigenvalue weighted by Crippen LogP contribution is -2.48. The molecule has 1 aromatic carbocycles. The van der Waals surface area contributed by atoms with Crippen LogP contribution < -0.4 is 11.1 Å². The molecular formula is C14H18F3N3O. The Morgan fingerprint density at radius 3 is 2.76 bits per heavy atom. The number of nitrogens with one attached hydrogen (secondary N) is 1. The molecule has 0 aromatic heterocycles. The number of rotatable bonds is 3. The zero-order valence-corrected chi connectivity index (χ0v) is 11.7. The standard InChI is InChI=1S/C14H18F3N3O/c1-9-7-20(5-4-19-9)8-11-3-2-10(13(18)21)6-12(11)14(15,16)17/h2-3,6,9,19H,4-5,7-8H2,1H3,(H2,18,21). The molecule has 0 bridgehead atoms. The summed E-state index contributed by atoms with van der Waals surface area (Å²) in [6.07, 6.45) is -4.50. The van der Waals surface area contributed by atoms with E-state index in [1.807, 2.05) is 11.8 Å². The third-order valence-corrected chi connectivity index (χ3v) is 3.55. The molecule has 4 nitrogen and oxygen atoms in total. The number of hydrogen-bond acceptors (Lipinski definition) is 3. The first kappa shape index (κ1) is 15.8. The first-order valence-electron chi connectivity index (χ1n) is 6.73. The van der Waals surface area contributed by atoms with Crippen molar-refractivity contribution in [3.63, 3.8) is 0 Å². The summed E-state index contributed by atoms with van der Waals surface area (Å²) in [6.45, 7) is 4.34. The number of hydrogen-bond donors (Lipinski definition) is 2. The highest BCUT2D eigenvalue weighted by Crippen LogP contribution is 2.33. The lowest BCUT2D eigenvalue weighted by atomic mass is 10.0. The lowest BCUT2D eigenvalue weighted by molar-refractivity contribution is -0.138. The molecule has 1 fully saturated rings. The van der Waals surface area contributed by atoms with Gasteiger partial charge in [-0.3, -0.25) is 9.69 Å². The van der Waals surface area contributed by atoms with Crippen LogP contribution in [0.4, 0.5) is 13.2 Å². The minimum absolute atomic E-state index is 0.125. The second-order valence-corrected chi connectivity index (χ2v) is 5.32. The Morgan fingerprint density at radius 1 is 1.48 bits per heavy atom. The summed E-state index contributed by atoms with van der Waals surface area (Å²) in [5, 5.41) is 3.24. The van der Waals surface area contributed by atoms with Crippen molar-refractivity contribution in [2.45, 2.75) is 25.7 Å². The van der Waals surface area contributed by atoms with Crippen molar-refractivity contribution in [3.8, 4) is 0 Å². The number of amides is 1. The first-order valence-corrected chi connectivity index (χ1v) is 6.73. The van der Waals surface area contributed by atoms with Gasteiger partial charge in [-0.15, -0.1) is 0 Å². The van der Waals surface area contributed by atoms with Crippen molar-refractivity contribution in [1.82, 2.24) is 10.2 Å². The van der Waals surface area contributed by atoms with Crippen LogP contribution in [0.5, 0.6) is 0 Å². The fourth-order valence-corrected chi connectivity index (χ4v) is 2.53. The first-order chi connectivity index (χ1) is 9.77. The number of halogens is 3. The topological polar surface area (TPSA) is 58.4 Å². The van der Waals surface area contributed by atoms with E-state index in [9.17, 15) is 18.0 Å².